The summed E-state index contributed by atoms with van der Waals surface area (Å²) in [6.07, 6.45) is 0. The largest absolute Gasteiger partial charge is 0.358 e. The van der Waals surface area contributed by atoms with Crippen molar-refractivity contribution in [2.75, 3.05) is 7.05 Å². The van der Waals surface area contributed by atoms with Crippen LogP contribution in [0.2, 0.25) is 0 Å². The smallest absolute Gasteiger partial charge is 0.236 e. The van der Waals surface area contributed by atoms with Gasteiger partial charge >= 0.3 is 0 Å². The molecule has 0 aliphatic rings. The number of rotatable bonds is 4. The second kappa shape index (κ2) is 5.96. The van der Waals surface area contributed by atoms with Gasteiger partial charge in [0, 0.05) is 13.6 Å². The Bertz CT molecular complexity index is 384. The van der Waals surface area contributed by atoms with Crippen molar-refractivity contribution in [2.45, 2.75) is 19.5 Å². The lowest BCUT2D eigenvalue weighted by atomic mass is 10.2. The average molecular weight is 289 g/mol. The quantitative estimate of drug-likeness (QED) is 0.887. The molecule has 0 heterocycles. The number of carbonyl (C=O) groups is 1. The Balaban J connectivity index is 2.61. The molecule has 1 amide bonds. The van der Waals surface area contributed by atoms with E-state index in [4.69, 9.17) is 0 Å². The zero-order valence-corrected chi connectivity index (χ0v) is 10.8. The van der Waals surface area contributed by atoms with Crippen LogP contribution in [0.5, 0.6) is 0 Å². The SMILES string of the molecule is CNC(=O)C(C)NCc1cccc(F)c1Br. The van der Waals surface area contributed by atoms with Gasteiger partial charge in [-0.1, -0.05) is 12.1 Å². The number of amides is 1. The van der Waals surface area contributed by atoms with Crippen molar-refractivity contribution in [3.05, 3.63) is 34.1 Å². The standard InChI is InChI=1S/C11H14BrFN2O/c1-7(11(16)14-2)15-6-8-4-3-5-9(13)10(8)12/h3-5,7,15H,6H2,1-2H3,(H,14,16). The van der Waals surface area contributed by atoms with Crippen LogP contribution in [0.4, 0.5) is 4.39 Å². The highest BCUT2D eigenvalue weighted by molar-refractivity contribution is 9.10. The molecule has 0 aliphatic heterocycles. The van der Waals surface area contributed by atoms with Crippen LogP contribution in [0.25, 0.3) is 0 Å². The van der Waals surface area contributed by atoms with Gasteiger partial charge in [-0.2, -0.15) is 0 Å². The van der Waals surface area contributed by atoms with Gasteiger partial charge in [0.1, 0.15) is 5.82 Å². The molecule has 1 aromatic carbocycles. The Morgan fingerprint density at radius 1 is 1.56 bits per heavy atom. The zero-order chi connectivity index (χ0) is 12.1. The molecule has 0 radical (unpaired) electrons. The van der Waals surface area contributed by atoms with Gasteiger partial charge < -0.3 is 10.6 Å². The molecule has 0 bridgehead atoms. The third-order valence-electron chi connectivity index (χ3n) is 2.27. The van der Waals surface area contributed by atoms with Crippen LogP contribution in [0.3, 0.4) is 0 Å². The number of hydrogen-bond donors (Lipinski definition) is 2. The Kier molecular flexibility index (Phi) is 4.89. The predicted molar refractivity (Wildman–Crippen MR) is 64.5 cm³/mol. The molecule has 1 atom stereocenters. The monoisotopic (exact) mass is 288 g/mol. The first kappa shape index (κ1) is 13.1. The van der Waals surface area contributed by atoms with Crippen molar-refractivity contribution in [1.29, 1.82) is 0 Å². The van der Waals surface area contributed by atoms with E-state index in [2.05, 4.69) is 26.6 Å². The second-order valence-electron chi connectivity index (χ2n) is 3.43. The summed E-state index contributed by atoms with van der Waals surface area (Å²) in [5, 5.41) is 5.55. The van der Waals surface area contributed by atoms with E-state index in [9.17, 15) is 9.18 Å². The minimum Gasteiger partial charge on any atom is -0.358 e. The van der Waals surface area contributed by atoms with Crippen LogP contribution in [-0.2, 0) is 11.3 Å². The summed E-state index contributed by atoms with van der Waals surface area (Å²) in [5.41, 5.74) is 0.788. The van der Waals surface area contributed by atoms with Crippen LogP contribution in [0.1, 0.15) is 12.5 Å². The lowest BCUT2D eigenvalue weighted by Gasteiger charge is -2.13. The third kappa shape index (κ3) is 3.28. The fourth-order valence-electron chi connectivity index (χ4n) is 1.26. The summed E-state index contributed by atoms with van der Waals surface area (Å²) >= 11 is 3.17. The highest BCUT2D eigenvalue weighted by Crippen LogP contribution is 2.20. The fourth-order valence-corrected chi connectivity index (χ4v) is 1.66. The van der Waals surface area contributed by atoms with E-state index < -0.39 is 0 Å². The van der Waals surface area contributed by atoms with Crippen LogP contribution in [0, 0.1) is 5.82 Å². The van der Waals surface area contributed by atoms with E-state index in [1.165, 1.54) is 6.07 Å². The molecule has 0 saturated carbocycles. The first-order valence-corrected chi connectivity index (χ1v) is 5.73. The molecule has 2 N–H and O–H groups in total. The molecule has 0 aromatic heterocycles. The van der Waals surface area contributed by atoms with E-state index in [0.29, 0.717) is 11.0 Å². The molecule has 16 heavy (non-hydrogen) atoms. The second-order valence-corrected chi connectivity index (χ2v) is 4.22. The normalized spacial score (nSPS) is 12.2. The van der Waals surface area contributed by atoms with Gasteiger partial charge in [0.05, 0.1) is 10.5 Å². The number of carbonyl (C=O) groups excluding carboxylic acids is 1. The van der Waals surface area contributed by atoms with Gasteiger partial charge in [0.15, 0.2) is 0 Å². The van der Waals surface area contributed by atoms with Crippen LogP contribution in [-0.4, -0.2) is 19.0 Å². The molecular formula is C11H14BrFN2O. The molecule has 0 fully saturated rings. The number of halogens is 2. The molecule has 1 rings (SSSR count). The van der Waals surface area contributed by atoms with E-state index >= 15 is 0 Å². The first-order chi connectivity index (χ1) is 7.56. The Labute approximate surface area is 103 Å². The summed E-state index contributed by atoms with van der Waals surface area (Å²) in [6.45, 7) is 2.19. The molecule has 0 aliphatic carbocycles. The van der Waals surface area contributed by atoms with Crippen LogP contribution in [0.15, 0.2) is 22.7 Å². The summed E-state index contributed by atoms with van der Waals surface area (Å²) in [5.74, 6) is -0.389. The Morgan fingerprint density at radius 2 is 2.25 bits per heavy atom. The van der Waals surface area contributed by atoms with Gasteiger partial charge in [0.2, 0.25) is 5.91 Å². The van der Waals surface area contributed by atoms with Crippen molar-refractivity contribution < 1.29 is 9.18 Å². The topological polar surface area (TPSA) is 41.1 Å². The summed E-state index contributed by atoms with van der Waals surface area (Å²) in [7, 11) is 1.58. The molecule has 88 valence electrons. The lowest BCUT2D eigenvalue weighted by Crippen LogP contribution is -2.40. The predicted octanol–water partition coefficient (Wildman–Crippen LogP) is 1.81. The van der Waals surface area contributed by atoms with Crippen molar-refractivity contribution in [3.8, 4) is 0 Å². The number of nitrogens with one attached hydrogen (secondary N) is 2. The van der Waals surface area contributed by atoms with E-state index in [1.54, 1.807) is 26.1 Å². The van der Waals surface area contributed by atoms with Crippen molar-refractivity contribution in [1.82, 2.24) is 10.6 Å². The third-order valence-corrected chi connectivity index (χ3v) is 3.16. The highest BCUT2D eigenvalue weighted by Gasteiger charge is 2.11. The summed E-state index contributed by atoms with van der Waals surface area (Å²) in [4.78, 5) is 11.2. The highest BCUT2D eigenvalue weighted by atomic mass is 79.9. The van der Waals surface area contributed by atoms with Gasteiger partial charge in [-0.15, -0.1) is 0 Å². The fraction of sp³-hybridized carbons (Fsp3) is 0.364. The first-order valence-electron chi connectivity index (χ1n) is 4.94. The number of benzene rings is 1. The summed E-state index contributed by atoms with van der Waals surface area (Å²) in [6, 6.07) is 4.52. The zero-order valence-electron chi connectivity index (χ0n) is 9.18. The number of likely N-dealkylation sites (N-methyl/N-ethyl adjacent to an activating group) is 1. The van der Waals surface area contributed by atoms with E-state index in [0.717, 1.165) is 5.56 Å². The van der Waals surface area contributed by atoms with Gasteiger partial charge in [-0.25, -0.2) is 4.39 Å². The summed E-state index contributed by atoms with van der Waals surface area (Å²) < 4.78 is 13.6. The van der Waals surface area contributed by atoms with Gasteiger partial charge in [-0.3, -0.25) is 4.79 Å². The van der Waals surface area contributed by atoms with Gasteiger partial charge in [0.25, 0.3) is 0 Å². The van der Waals surface area contributed by atoms with Crippen molar-refractivity contribution in [2.24, 2.45) is 0 Å². The van der Waals surface area contributed by atoms with Crippen LogP contribution < -0.4 is 10.6 Å². The maximum absolute atomic E-state index is 13.2. The Morgan fingerprint density at radius 3 is 2.88 bits per heavy atom. The number of hydrogen-bond acceptors (Lipinski definition) is 2. The Hall–Kier alpha value is -0.940. The lowest BCUT2D eigenvalue weighted by molar-refractivity contribution is -0.122. The molecule has 3 nitrogen and oxygen atoms in total. The van der Waals surface area contributed by atoms with Crippen LogP contribution >= 0.6 is 15.9 Å². The van der Waals surface area contributed by atoms with Gasteiger partial charge in [-0.05, 0) is 34.5 Å². The molecule has 5 heteroatoms. The minimum atomic E-state index is -0.305. The maximum atomic E-state index is 13.2. The average Bonchev–Trinajstić information content (AvgIpc) is 2.29. The van der Waals surface area contributed by atoms with E-state index in [-0.39, 0.29) is 17.8 Å². The molecule has 0 saturated heterocycles. The molecule has 1 unspecified atom stereocenters. The van der Waals surface area contributed by atoms with E-state index in [1.807, 2.05) is 0 Å². The maximum Gasteiger partial charge on any atom is 0.236 e. The molecular weight excluding hydrogens is 275 g/mol. The minimum absolute atomic E-state index is 0.0903. The molecule has 1 aromatic rings. The van der Waals surface area contributed by atoms with Crippen molar-refractivity contribution in [3.63, 3.8) is 0 Å². The van der Waals surface area contributed by atoms with Crippen molar-refractivity contribution >= 4 is 21.8 Å². The molecule has 0 spiro atoms.